The Labute approximate surface area is 141 Å². The van der Waals surface area contributed by atoms with Crippen LogP contribution in [0.15, 0.2) is 30.3 Å². The molecule has 0 aliphatic rings. The lowest BCUT2D eigenvalue weighted by Crippen LogP contribution is -2.11. The highest BCUT2D eigenvalue weighted by atomic mass is 35.5. The SMILES string of the molecule is COc1ccc(NC(=O)CCCc2ccc(C)s2)cc1N.Cl. The van der Waals surface area contributed by atoms with Crippen molar-refractivity contribution in [2.24, 2.45) is 0 Å². The Morgan fingerprint density at radius 1 is 1.32 bits per heavy atom. The van der Waals surface area contributed by atoms with E-state index in [0.717, 1.165) is 12.8 Å². The summed E-state index contributed by atoms with van der Waals surface area (Å²) < 4.78 is 5.08. The molecule has 4 nitrogen and oxygen atoms in total. The maximum atomic E-state index is 11.9. The van der Waals surface area contributed by atoms with E-state index in [-0.39, 0.29) is 18.3 Å². The maximum Gasteiger partial charge on any atom is 0.224 e. The Bertz CT molecular complexity index is 628. The third-order valence-electron chi connectivity index (χ3n) is 3.14. The number of nitrogens with two attached hydrogens (primary N) is 1. The molecule has 0 spiro atoms. The maximum absolute atomic E-state index is 11.9. The monoisotopic (exact) mass is 340 g/mol. The molecule has 120 valence electrons. The Morgan fingerprint density at radius 3 is 2.68 bits per heavy atom. The second kappa shape index (κ2) is 8.66. The van der Waals surface area contributed by atoms with Gasteiger partial charge in [0, 0.05) is 21.9 Å². The molecular formula is C16H21ClN2O2S. The molecule has 2 rings (SSSR count). The molecule has 6 heteroatoms. The molecule has 0 atom stereocenters. The number of anilines is 2. The minimum Gasteiger partial charge on any atom is -0.495 e. The lowest BCUT2D eigenvalue weighted by atomic mass is 10.2. The van der Waals surface area contributed by atoms with Crippen LogP contribution in [0.1, 0.15) is 22.6 Å². The highest BCUT2D eigenvalue weighted by Crippen LogP contribution is 2.24. The van der Waals surface area contributed by atoms with Crippen LogP contribution in [0.5, 0.6) is 5.75 Å². The lowest BCUT2D eigenvalue weighted by Gasteiger charge is -2.08. The van der Waals surface area contributed by atoms with E-state index in [0.29, 0.717) is 23.5 Å². The molecule has 1 aromatic heterocycles. The van der Waals surface area contributed by atoms with Crippen molar-refractivity contribution in [3.8, 4) is 5.75 Å². The Balaban J connectivity index is 0.00000242. The summed E-state index contributed by atoms with van der Waals surface area (Å²) in [6, 6.07) is 9.48. The van der Waals surface area contributed by atoms with Crippen LogP contribution in [0.25, 0.3) is 0 Å². The highest BCUT2D eigenvalue weighted by molar-refractivity contribution is 7.11. The molecule has 0 aliphatic carbocycles. The van der Waals surface area contributed by atoms with Crippen LogP contribution >= 0.6 is 23.7 Å². The van der Waals surface area contributed by atoms with Gasteiger partial charge >= 0.3 is 0 Å². The van der Waals surface area contributed by atoms with Gasteiger partial charge in [-0.2, -0.15) is 0 Å². The van der Waals surface area contributed by atoms with Crippen molar-refractivity contribution in [1.82, 2.24) is 0 Å². The summed E-state index contributed by atoms with van der Waals surface area (Å²) in [5, 5.41) is 2.85. The normalized spacial score (nSPS) is 9.91. The van der Waals surface area contributed by atoms with Crippen molar-refractivity contribution in [2.75, 3.05) is 18.2 Å². The van der Waals surface area contributed by atoms with Gasteiger partial charge in [-0.3, -0.25) is 4.79 Å². The lowest BCUT2D eigenvalue weighted by molar-refractivity contribution is -0.116. The smallest absolute Gasteiger partial charge is 0.224 e. The first-order chi connectivity index (χ1) is 10.1. The summed E-state index contributed by atoms with van der Waals surface area (Å²) in [5.41, 5.74) is 7.03. The molecule has 0 radical (unpaired) electrons. The number of aryl methyl sites for hydroxylation is 2. The van der Waals surface area contributed by atoms with E-state index < -0.39 is 0 Å². The summed E-state index contributed by atoms with van der Waals surface area (Å²) in [4.78, 5) is 14.5. The number of benzene rings is 1. The number of rotatable bonds is 6. The van der Waals surface area contributed by atoms with Crippen molar-refractivity contribution in [2.45, 2.75) is 26.2 Å². The number of ether oxygens (including phenoxy) is 1. The van der Waals surface area contributed by atoms with Gasteiger partial charge in [-0.25, -0.2) is 0 Å². The van der Waals surface area contributed by atoms with Crippen LogP contribution in [0.2, 0.25) is 0 Å². The molecule has 2 aromatic rings. The van der Waals surface area contributed by atoms with E-state index in [4.69, 9.17) is 10.5 Å². The minimum atomic E-state index is 0. The number of carbonyl (C=O) groups excluding carboxylic acids is 1. The number of amides is 1. The van der Waals surface area contributed by atoms with Crippen LogP contribution in [0.3, 0.4) is 0 Å². The van der Waals surface area contributed by atoms with Gasteiger partial charge in [0.2, 0.25) is 5.91 Å². The molecule has 1 amide bonds. The average molecular weight is 341 g/mol. The highest BCUT2D eigenvalue weighted by Gasteiger charge is 2.06. The number of nitrogen functional groups attached to an aromatic ring is 1. The first kappa shape index (κ1) is 18.3. The zero-order chi connectivity index (χ0) is 15.2. The van der Waals surface area contributed by atoms with Crippen molar-refractivity contribution in [3.05, 3.63) is 40.1 Å². The van der Waals surface area contributed by atoms with Crippen molar-refractivity contribution in [1.29, 1.82) is 0 Å². The zero-order valence-corrected chi connectivity index (χ0v) is 14.4. The van der Waals surface area contributed by atoms with Gasteiger partial charge in [-0.05, 0) is 50.1 Å². The molecular weight excluding hydrogens is 320 g/mol. The van der Waals surface area contributed by atoms with Crippen molar-refractivity contribution < 1.29 is 9.53 Å². The van der Waals surface area contributed by atoms with E-state index in [9.17, 15) is 4.79 Å². The topological polar surface area (TPSA) is 64.3 Å². The number of methoxy groups -OCH3 is 1. The van der Waals surface area contributed by atoms with E-state index in [1.165, 1.54) is 9.75 Å². The van der Waals surface area contributed by atoms with Gasteiger partial charge in [0.05, 0.1) is 12.8 Å². The van der Waals surface area contributed by atoms with Crippen LogP contribution in [0, 0.1) is 6.92 Å². The third-order valence-corrected chi connectivity index (χ3v) is 4.20. The Morgan fingerprint density at radius 2 is 2.09 bits per heavy atom. The van der Waals surface area contributed by atoms with Crippen molar-refractivity contribution >= 4 is 41.0 Å². The number of halogens is 1. The predicted molar refractivity (Wildman–Crippen MR) is 95.3 cm³/mol. The van der Waals surface area contributed by atoms with Gasteiger partial charge < -0.3 is 15.8 Å². The fraction of sp³-hybridized carbons (Fsp3) is 0.312. The second-order valence-corrected chi connectivity index (χ2v) is 6.24. The Hall–Kier alpha value is -1.72. The Kier molecular flexibility index (Phi) is 7.21. The number of hydrogen-bond acceptors (Lipinski definition) is 4. The molecule has 0 aliphatic heterocycles. The van der Waals surface area contributed by atoms with Crippen LogP contribution in [-0.2, 0) is 11.2 Å². The second-order valence-electron chi connectivity index (χ2n) is 4.87. The van der Waals surface area contributed by atoms with Gasteiger partial charge in [0.25, 0.3) is 0 Å². The quantitative estimate of drug-likeness (QED) is 0.780. The summed E-state index contributed by atoms with van der Waals surface area (Å²) in [5.74, 6) is 0.619. The molecule has 0 unspecified atom stereocenters. The zero-order valence-electron chi connectivity index (χ0n) is 12.7. The van der Waals surface area contributed by atoms with Crippen LogP contribution in [0.4, 0.5) is 11.4 Å². The summed E-state index contributed by atoms with van der Waals surface area (Å²) in [7, 11) is 1.57. The van der Waals surface area contributed by atoms with Gasteiger partial charge in [-0.1, -0.05) is 0 Å². The molecule has 0 saturated heterocycles. The largest absolute Gasteiger partial charge is 0.495 e. The fourth-order valence-corrected chi connectivity index (χ4v) is 3.01. The van der Waals surface area contributed by atoms with Crippen LogP contribution < -0.4 is 15.8 Å². The molecule has 3 N–H and O–H groups in total. The van der Waals surface area contributed by atoms with E-state index in [1.54, 1.807) is 36.6 Å². The number of thiophene rings is 1. The molecule has 22 heavy (non-hydrogen) atoms. The minimum absolute atomic E-state index is 0. The summed E-state index contributed by atoms with van der Waals surface area (Å²) in [6.45, 7) is 2.09. The first-order valence-corrected chi connectivity index (χ1v) is 7.69. The van der Waals surface area contributed by atoms with E-state index in [1.807, 2.05) is 0 Å². The molecule has 0 bridgehead atoms. The molecule has 0 saturated carbocycles. The van der Waals surface area contributed by atoms with E-state index >= 15 is 0 Å². The summed E-state index contributed by atoms with van der Waals surface area (Å²) >= 11 is 1.79. The molecule has 1 heterocycles. The first-order valence-electron chi connectivity index (χ1n) is 6.87. The van der Waals surface area contributed by atoms with Gasteiger partial charge in [-0.15, -0.1) is 23.7 Å². The number of hydrogen-bond donors (Lipinski definition) is 2. The van der Waals surface area contributed by atoms with E-state index in [2.05, 4.69) is 24.4 Å². The third kappa shape index (κ3) is 5.24. The van der Waals surface area contributed by atoms with Crippen molar-refractivity contribution in [3.63, 3.8) is 0 Å². The summed E-state index contributed by atoms with van der Waals surface area (Å²) in [6.07, 6.45) is 2.29. The predicted octanol–water partition coefficient (Wildman–Crippen LogP) is 4.03. The van der Waals surface area contributed by atoms with Crippen LogP contribution in [-0.4, -0.2) is 13.0 Å². The molecule has 1 aromatic carbocycles. The van der Waals surface area contributed by atoms with Gasteiger partial charge in [0.15, 0.2) is 0 Å². The molecule has 0 fully saturated rings. The number of carbonyl (C=O) groups is 1. The fourth-order valence-electron chi connectivity index (χ4n) is 2.08. The average Bonchev–Trinajstić information content (AvgIpc) is 2.84. The van der Waals surface area contributed by atoms with Gasteiger partial charge in [0.1, 0.15) is 5.75 Å². The number of nitrogens with one attached hydrogen (secondary N) is 1. The standard InChI is InChI=1S/C16H20N2O2S.ClH/c1-11-6-8-13(21-11)4-3-5-16(19)18-12-7-9-15(20-2)14(17)10-12;/h6-10H,3-5,17H2,1-2H3,(H,18,19);1H.